The van der Waals surface area contributed by atoms with Crippen LogP contribution < -0.4 is 16.0 Å². The zero-order chi connectivity index (χ0) is 31.4. The van der Waals surface area contributed by atoms with Gasteiger partial charge in [-0.25, -0.2) is 9.68 Å². The third kappa shape index (κ3) is 8.15. The van der Waals surface area contributed by atoms with E-state index in [9.17, 15) is 24.4 Å². The molecule has 14 heteroatoms. The quantitative estimate of drug-likeness (QED) is 0.190. The summed E-state index contributed by atoms with van der Waals surface area (Å²) in [4.78, 5) is 65.7. The fourth-order valence-electron chi connectivity index (χ4n) is 5.82. The summed E-state index contributed by atoms with van der Waals surface area (Å²) in [5.74, 6) is -1.49. The van der Waals surface area contributed by atoms with Gasteiger partial charge in [-0.15, -0.1) is 0 Å². The van der Waals surface area contributed by atoms with Crippen molar-refractivity contribution >= 4 is 29.5 Å². The fraction of sp³-hybridized carbons (Fsp3) is 0.828. The predicted molar refractivity (Wildman–Crippen MR) is 154 cm³/mol. The van der Waals surface area contributed by atoms with E-state index in [2.05, 4.69) is 26.0 Å². The van der Waals surface area contributed by atoms with Crippen LogP contribution in [0.25, 0.3) is 0 Å². The van der Waals surface area contributed by atoms with E-state index in [1.165, 1.54) is 4.90 Å². The Balaban J connectivity index is 1.55. The van der Waals surface area contributed by atoms with Gasteiger partial charge in [-0.2, -0.15) is 0 Å². The maximum absolute atomic E-state index is 14.2. The van der Waals surface area contributed by atoms with Crippen LogP contribution in [0, 0.1) is 5.41 Å². The molecule has 242 valence electrons. The number of hydrogen-bond donors (Lipinski definition) is 4. The number of carbonyl (C=O) groups is 4. The van der Waals surface area contributed by atoms with Crippen LogP contribution >= 0.6 is 0 Å². The summed E-state index contributed by atoms with van der Waals surface area (Å²) >= 11 is 0. The molecule has 3 fully saturated rings. The average Bonchev–Trinajstić information content (AvgIpc) is 3.32. The van der Waals surface area contributed by atoms with Crippen molar-refractivity contribution in [2.45, 2.75) is 128 Å². The molecule has 6 atom stereocenters. The number of nitrogens with one attached hydrogen (secondary N) is 3. The first-order chi connectivity index (χ1) is 20.4. The van der Waals surface area contributed by atoms with Crippen molar-refractivity contribution in [2.24, 2.45) is 10.6 Å². The second-order valence-electron chi connectivity index (χ2n) is 13.2. The monoisotopic (exact) mass is 609 g/mol. The van der Waals surface area contributed by atoms with E-state index in [1.807, 2.05) is 34.6 Å². The molecule has 14 nitrogen and oxygen atoms in total. The summed E-state index contributed by atoms with van der Waals surface area (Å²) < 4.78 is 10.8. The molecule has 43 heavy (non-hydrogen) atoms. The van der Waals surface area contributed by atoms with Gasteiger partial charge in [-0.05, 0) is 31.1 Å². The number of nitrogens with zero attached hydrogens (tertiary/aromatic N) is 2. The first kappa shape index (κ1) is 32.9. The van der Waals surface area contributed by atoms with Crippen LogP contribution in [0.5, 0.6) is 0 Å². The number of likely N-dealkylation sites (tertiary alicyclic amines) is 1. The Morgan fingerprint density at radius 2 is 1.91 bits per heavy atom. The Morgan fingerprint density at radius 1 is 1.16 bits per heavy atom. The van der Waals surface area contributed by atoms with Gasteiger partial charge in [-0.3, -0.25) is 19.6 Å². The molecule has 4 amide bonds. The summed E-state index contributed by atoms with van der Waals surface area (Å²) in [7, 11) is 0. The van der Waals surface area contributed by atoms with Gasteiger partial charge in [0.15, 0.2) is 11.7 Å². The molecule has 1 aliphatic carbocycles. The molecular formula is C29H47N5O9. The Morgan fingerprint density at radius 3 is 2.47 bits per heavy atom. The second-order valence-corrected chi connectivity index (χ2v) is 13.2. The molecule has 1 spiro atoms. The lowest BCUT2D eigenvalue weighted by Gasteiger charge is -2.35. The number of amides is 4. The molecule has 4 rings (SSSR count). The number of alkyl carbamates (subject to hydrolysis) is 1. The number of hydrogen-bond acceptors (Lipinski definition) is 10. The van der Waals surface area contributed by atoms with E-state index in [-0.39, 0.29) is 19.0 Å². The molecule has 0 aromatic rings. The van der Waals surface area contributed by atoms with Crippen LogP contribution in [-0.4, -0.2) is 101 Å². The van der Waals surface area contributed by atoms with Gasteiger partial charge in [0.25, 0.3) is 5.91 Å². The van der Waals surface area contributed by atoms with Crippen LogP contribution in [0.1, 0.15) is 86.0 Å². The number of rotatable bonds is 12. The first-order valence-electron chi connectivity index (χ1n) is 15.4. The largest absolute Gasteiger partial charge is 0.444 e. The third-order valence-corrected chi connectivity index (χ3v) is 8.41. The van der Waals surface area contributed by atoms with Crippen LogP contribution in [0.15, 0.2) is 5.16 Å². The molecule has 0 bridgehead atoms. The fourth-order valence-corrected chi connectivity index (χ4v) is 5.82. The second kappa shape index (κ2) is 13.8. The number of carbonyl (C=O) groups excluding carboxylic acids is 4. The topological polar surface area (TPSA) is 177 Å². The highest BCUT2D eigenvalue weighted by molar-refractivity contribution is 5.94. The standard InChI is InChI=1S/C29H47N5O9/c1-6-8-20(22(42-39)25(36)30-18-9-10-18)31-24(35)21-14-29(13-17(7-2)33-43-29)16-34(21)26(37)23(28(3,4)5)32-27(38)41-19-11-12-40-15-19/h18-23,39H,6-16H2,1-5H3,(H,30,36)(H,31,35)(H,32,38)/t19-,20+,21+,22?,23-,29-/m1/s1. The molecule has 1 saturated carbocycles. The minimum atomic E-state index is -1.32. The molecule has 2 saturated heterocycles. The van der Waals surface area contributed by atoms with E-state index in [4.69, 9.17) is 14.3 Å². The van der Waals surface area contributed by atoms with Gasteiger partial charge in [0, 0.05) is 25.3 Å². The van der Waals surface area contributed by atoms with Crippen LogP contribution in [0.3, 0.4) is 0 Å². The molecule has 3 aliphatic heterocycles. The normalized spacial score (nSPS) is 27.2. The van der Waals surface area contributed by atoms with Crippen molar-refractivity contribution in [2.75, 3.05) is 19.8 Å². The zero-order valence-corrected chi connectivity index (χ0v) is 25.8. The van der Waals surface area contributed by atoms with Crippen molar-refractivity contribution < 1.29 is 43.6 Å². The molecule has 0 radical (unpaired) electrons. The lowest BCUT2D eigenvalue weighted by Crippen LogP contribution is -2.60. The van der Waals surface area contributed by atoms with Crippen LogP contribution in [-0.2, 0) is 33.6 Å². The van der Waals surface area contributed by atoms with Crippen LogP contribution in [0.4, 0.5) is 4.79 Å². The minimum absolute atomic E-state index is 0.0351. The predicted octanol–water partition coefficient (Wildman–Crippen LogP) is 1.86. The lowest BCUT2D eigenvalue weighted by atomic mass is 9.85. The SMILES string of the molecule is CCC[C@H](NC(=O)[C@@H]1C[C@]2(CC(CC)=NO2)CN1C(=O)[C@@H](NC(=O)O[C@@H]1CCOC1)C(C)(C)C)C(OO)C(=O)NC1CC1. The highest BCUT2D eigenvalue weighted by Crippen LogP contribution is 2.39. The Bertz CT molecular complexity index is 1070. The Kier molecular flexibility index (Phi) is 10.5. The molecule has 4 aliphatic rings. The average molecular weight is 610 g/mol. The maximum atomic E-state index is 14.2. The zero-order valence-electron chi connectivity index (χ0n) is 25.8. The van der Waals surface area contributed by atoms with E-state index >= 15 is 0 Å². The summed E-state index contributed by atoms with van der Waals surface area (Å²) in [6.07, 6.45) is 2.06. The van der Waals surface area contributed by atoms with Crippen molar-refractivity contribution in [3.05, 3.63) is 0 Å². The number of ether oxygens (including phenoxy) is 2. The van der Waals surface area contributed by atoms with E-state index in [0.717, 1.165) is 18.6 Å². The van der Waals surface area contributed by atoms with Crippen molar-refractivity contribution in [1.82, 2.24) is 20.9 Å². The summed E-state index contributed by atoms with van der Waals surface area (Å²) in [5.41, 5.74) is -0.804. The molecule has 0 aromatic carbocycles. The van der Waals surface area contributed by atoms with E-state index in [0.29, 0.717) is 45.3 Å². The van der Waals surface area contributed by atoms with Crippen molar-refractivity contribution in [3.63, 3.8) is 0 Å². The maximum Gasteiger partial charge on any atom is 0.408 e. The van der Waals surface area contributed by atoms with E-state index < -0.39 is 65.2 Å². The highest BCUT2D eigenvalue weighted by atomic mass is 17.1. The van der Waals surface area contributed by atoms with Gasteiger partial charge in [-0.1, -0.05) is 46.2 Å². The molecule has 1 unspecified atom stereocenters. The summed E-state index contributed by atoms with van der Waals surface area (Å²) in [6, 6.07) is -2.82. The van der Waals surface area contributed by atoms with E-state index in [1.54, 1.807) is 0 Å². The van der Waals surface area contributed by atoms with Gasteiger partial charge < -0.3 is 35.2 Å². The van der Waals surface area contributed by atoms with Gasteiger partial charge in [0.05, 0.1) is 31.5 Å². The third-order valence-electron chi connectivity index (χ3n) is 8.41. The molecule has 3 heterocycles. The van der Waals surface area contributed by atoms with Gasteiger partial charge in [0.2, 0.25) is 11.8 Å². The smallest absolute Gasteiger partial charge is 0.408 e. The van der Waals surface area contributed by atoms with Crippen molar-refractivity contribution in [1.29, 1.82) is 0 Å². The van der Waals surface area contributed by atoms with Crippen molar-refractivity contribution in [3.8, 4) is 0 Å². The van der Waals surface area contributed by atoms with Crippen LogP contribution in [0.2, 0.25) is 0 Å². The lowest BCUT2D eigenvalue weighted by molar-refractivity contribution is -0.277. The Hall–Kier alpha value is -2.97. The summed E-state index contributed by atoms with van der Waals surface area (Å²) in [6.45, 7) is 10.2. The minimum Gasteiger partial charge on any atom is -0.444 e. The van der Waals surface area contributed by atoms with Gasteiger partial charge >= 0.3 is 6.09 Å². The van der Waals surface area contributed by atoms with Gasteiger partial charge in [0.1, 0.15) is 18.2 Å². The Labute approximate surface area is 252 Å². The summed E-state index contributed by atoms with van der Waals surface area (Å²) in [5, 5.41) is 22.3. The molecule has 4 N–H and O–H groups in total. The first-order valence-corrected chi connectivity index (χ1v) is 15.4. The molecular weight excluding hydrogens is 562 g/mol. The highest BCUT2D eigenvalue weighted by Gasteiger charge is 2.55. The number of oxime groups is 1. The molecule has 0 aromatic heterocycles.